The van der Waals surface area contributed by atoms with Crippen LogP contribution < -0.4 is 5.32 Å². The Hall–Kier alpha value is -0.880. The summed E-state index contributed by atoms with van der Waals surface area (Å²) in [6.07, 6.45) is 3.33. The normalized spacial score (nSPS) is 15.4. The van der Waals surface area contributed by atoms with Gasteiger partial charge >= 0.3 is 0 Å². The molecule has 4 nitrogen and oxygen atoms in total. The Balaban J connectivity index is 1.84. The molecule has 0 atom stereocenters. The van der Waals surface area contributed by atoms with Gasteiger partial charge in [-0.15, -0.1) is 11.3 Å². The Kier molecular flexibility index (Phi) is 4.99. The van der Waals surface area contributed by atoms with Gasteiger partial charge in [0.05, 0.1) is 15.2 Å². The molecule has 0 bridgehead atoms. The van der Waals surface area contributed by atoms with Gasteiger partial charge < -0.3 is 10.2 Å². The summed E-state index contributed by atoms with van der Waals surface area (Å²) >= 11 is 4.78. The zero-order valence-electron chi connectivity index (χ0n) is 10.9. The average molecular weight is 345 g/mol. The molecule has 1 saturated heterocycles. The summed E-state index contributed by atoms with van der Waals surface area (Å²) in [5.41, 5.74) is 1.04. The van der Waals surface area contributed by atoms with Crippen LogP contribution in [0, 0.1) is 6.92 Å². The van der Waals surface area contributed by atoms with Gasteiger partial charge in [-0.2, -0.15) is 0 Å². The molecule has 104 valence electrons. The number of nitrogens with zero attached hydrogens (tertiary/aromatic N) is 1. The summed E-state index contributed by atoms with van der Waals surface area (Å²) in [5.74, 6) is -0.162. The van der Waals surface area contributed by atoms with Crippen LogP contribution in [0.4, 0.5) is 0 Å². The van der Waals surface area contributed by atoms with Crippen LogP contribution in [-0.4, -0.2) is 36.3 Å². The summed E-state index contributed by atoms with van der Waals surface area (Å²) in [7, 11) is 0. The van der Waals surface area contributed by atoms with Crippen molar-refractivity contribution in [3.05, 3.63) is 20.3 Å². The fourth-order valence-corrected chi connectivity index (χ4v) is 3.52. The minimum atomic E-state index is -0.177. The number of carbonyl (C=O) groups excluding carboxylic acids is 2. The van der Waals surface area contributed by atoms with Crippen LogP contribution in [0.3, 0.4) is 0 Å². The number of halogens is 1. The monoisotopic (exact) mass is 344 g/mol. The molecule has 2 amide bonds. The summed E-state index contributed by atoms with van der Waals surface area (Å²) in [6.45, 7) is 3.67. The first-order chi connectivity index (χ1) is 9.08. The quantitative estimate of drug-likeness (QED) is 0.915. The zero-order chi connectivity index (χ0) is 13.8. The van der Waals surface area contributed by atoms with Crippen LogP contribution in [0.25, 0.3) is 0 Å². The van der Waals surface area contributed by atoms with E-state index in [1.54, 1.807) is 0 Å². The minimum Gasteiger partial charge on any atom is -0.342 e. The fourth-order valence-electron chi connectivity index (χ4n) is 2.07. The second kappa shape index (κ2) is 6.52. The molecule has 1 aromatic heterocycles. The van der Waals surface area contributed by atoms with Crippen LogP contribution in [0.2, 0.25) is 0 Å². The summed E-state index contributed by atoms with van der Waals surface area (Å²) < 4.78 is 0.958. The lowest BCUT2D eigenvalue weighted by Crippen LogP contribution is -2.42. The molecule has 1 aliphatic heterocycles. The Bertz CT molecular complexity index is 461. The molecule has 6 heteroatoms. The second-order valence-corrected chi connectivity index (χ2v) is 7.06. The van der Waals surface area contributed by atoms with Gasteiger partial charge in [0.1, 0.15) is 0 Å². The van der Waals surface area contributed by atoms with Crippen molar-refractivity contribution < 1.29 is 9.59 Å². The first kappa shape index (κ1) is 14.5. The molecule has 2 rings (SSSR count). The third kappa shape index (κ3) is 3.79. The third-order valence-corrected chi connectivity index (χ3v) is 5.33. The molecule has 1 fully saturated rings. The molecule has 19 heavy (non-hydrogen) atoms. The van der Waals surface area contributed by atoms with Crippen LogP contribution in [0.1, 0.15) is 34.5 Å². The summed E-state index contributed by atoms with van der Waals surface area (Å²) in [6, 6.07) is 1.83. The molecule has 2 heterocycles. The molecule has 1 aliphatic rings. The third-order valence-electron chi connectivity index (χ3n) is 3.19. The maximum Gasteiger partial charge on any atom is 0.261 e. The largest absolute Gasteiger partial charge is 0.342 e. The van der Waals surface area contributed by atoms with Gasteiger partial charge in [-0.25, -0.2) is 0 Å². The molecular formula is C13H17BrN2O2S. The van der Waals surface area contributed by atoms with Crippen LogP contribution in [0.5, 0.6) is 0 Å². The molecule has 1 aromatic rings. The molecule has 0 aliphatic carbocycles. The Morgan fingerprint density at radius 2 is 2.05 bits per heavy atom. The van der Waals surface area contributed by atoms with Crippen molar-refractivity contribution >= 4 is 39.1 Å². The summed E-state index contributed by atoms with van der Waals surface area (Å²) in [5, 5.41) is 2.70. The van der Waals surface area contributed by atoms with E-state index in [-0.39, 0.29) is 18.4 Å². The van der Waals surface area contributed by atoms with Gasteiger partial charge in [0.25, 0.3) is 5.91 Å². The van der Waals surface area contributed by atoms with Crippen molar-refractivity contribution in [1.82, 2.24) is 10.2 Å². The van der Waals surface area contributed by atoms with Crippen molar-refractivity contribution in [3.8, 4) is 0 Å². The number of thiophene rings is 1. The SMILES string of the molecule is Cc1cc(C(=O)NCC(=O)N2CCCCC2)sc1Br. The molecule has 0 saturated carbocycles. The van der Waals surface area contributed by atoms with Crippen molar-refractivity contribution in [2.24, 2.45) is 0 Å². The number of carbonyl (C=O) groups is 2. The molecule has 0 spiro atoms. The maximum atomic E-state index is 11.9. The zero-order valence-corrected chi connectivity index (χ0v) is 13.3. The number of aryl methyl sites for hydroxylation is 1. The minimum absolute atomic E-state index is 0.0143. The van der Waals surface area contributed by atoms with Crippen LogP contribution in [-0.2, 0) is 4.79 Å². The van der Waals surface area contributed by atoms with Gasteiger partial charge in [-0.3, -0.25) is 9.59 Å². The van der Waals surface area contributed by atoms with Gasteiger partial charge in [0.2, 0.25) is 5.91 Å². The highest BCUT2D eigenvalue weighted by Crippen LogP contribution is 2.27. The summed E-state index contributed by atoms with van der Waals surface area (Å²) in [4.78, 5) is 26.3. The van der Waals surface area contributed by atoms with E-state index in [0.717, 1.165) is 35.3 Å². The van der Waals surface area contributed by atoms with Crippen LogP contribution in [0.15, 0.2) is 9.85 Å². The number of piperidine rings is 1. The lowest BCUT2D eigenvalue weighted by Gasteiger charge is -2.26. The van der Waals surface area contributed by atoms with E-state index in [2.05, 4.69) is 21.2 Å². The second-order valence-electron chi connectivity index (χ2n) is 4.69. The number of hydrogen-bond donors (Lipinski definition) is 1. The Morgan fingerprint density at radius 3 is 2.63 bits per heavy atom. The lowest BCUT2D eigenvalue weighted by molar-refractivity contribution is -0.130. The maximum absolute atomic E-state index is 11.9. The number of amides is 2. The van der Waals surface area contributed by atoms with Gasteiger partial charge in [-0.05, 0) is 53.7 Å². The Morgan fingerprint density at radius 1 is 1.37 bits per heavy atom. The first-order valence-corrected chi connectivity index (χ1v) is 8.01. The molecule has 1 N–H and O–H groups in total. The predicted octanol–water partition coefficient (Wildman–Crippen LogP) is 2.56. The van der Waals surface area contributed by atoms with Crippen molar-refractivity contribution in [2.45, 2.75) is 26.2 Å². The number of nitrogens with one attached hydrogen (secondary N) is 1. The van der Waals surface area contributed by atoms with E-state index in [4.69, 9.17) is 0 Å². The van der Waals surface area contributed by atoms with E-state index in [1.165, 1.54) is 17.8 Å². The highest BCUT2D eigenvalue weighted by atomic mass is 79.9. The lowest BCUT2D eigenvalue weighted by atomic mass is 10.1. The van der Waals surface area contributed by atoms with Gasteiger partial charge in [0.15, 0.2) is 0 Å². The fraction of sp³-hybridized carbons (Fsp3) is 0.538. The van der Waals surface area contributed by atoms with E-state index >= 15 is 0 Å². The number of hydrogen-bond acceptors (Lipinski definition) is 3. The molecule has 0 radical (unpaired) electrons. The van der Waals surface area contributed by atoms with E-state index in [0.29, 0.717) is 4.88 Å². The predicted molar refractivity (Wildman–Crippen MR) is 79.5 cm³/mol. The topological polar surface area (TPSA) is 49.4 Å². The highest BCUT2D eigenvalue weighted by Gasteiger charge is 2.18. The number of likely N-dealkylation sites (tertiary alicyclic amines) is 1. The van der Waals surface area contributed by atoms with E-state index < -0.39 is 0 Å². The van der Waals surface area contributed by atoms with Crippen LogP contribution >= 0.6 is 27.3 Å². The van der Waals surface area contributed by atoms with Crippen molar-refractivity contribution in [1.29, 1.82) is 0 Å². The van der Waals surface area contributed by atoms with Crippen molar-refractivity contribution in [2.75, 3.05) is 19.6 Å². The van der Waals surface area contributed by atoms with E-state index in [9.17, 15) is 9.59 Å². The highest BCUT2D eigenvalue weighted by molar-refractivity contribution is 9.11. The average Bonchev–Trinajstić information content (AvgIpc) is 2.77. The van der Waals surface area contributed by atoms with Gasteiger partial charge in [0, 0.05) is 13.1 Å². The van der Waals surface area contributed by atoms with Gasteiger partial charge in [-0.1, -0.05) is 0 Å². The van der Waals surface area contributed by atoms with Crippen molar-refractivity contribution in [3.63, 3.8) is 0 Å². The number of rotatable bonds is 3. The standard InChI is InChI=1S/C13H17BrN2O2S/c1-9-7-10(19-12(9)14)13(18)15-8-11(17)16-5-3-2-4-6-16/h7H,2-6,8H2,1H3,(H,15,18). The smallest absolute Gasteiger partial charge is 0.261 e. The van der Waals surface area contributed by atoms with E-state index in [1.807, 2.05) is 17.9 Å². The first-order valence-electron chi connectivity index (χ1n) is 6.40. The Labute approximate surface area is 125 Å². The molecule has 0 unspecified atom stereocenters. The molecular weight excluding hydrogens is 328 g/mol. The molecule has 0 aromatic carbocycles.